The summed E-state index contributed by atoms with van der Waals surface area (Å²) in [5, 5.41) is 0. The molecule has 98 valence electrons. The Morgan fingerprint density at radius 2 is 1.83 bits per heavy atom. The molecule has 0 aromatic heterocycles. The molecule has 18 heavy (non-hydrogen) atoms. The lowest BCUT2D eigenvalue weighted by Crippen LogP contribution is -2.37. The van der Waals surface area contributed by atoms with Gasteiger partial charge in [0.2, 0.25) is 5.91 Å². The second-order valence-corrected chi connectivity index (χ2v) is 4.07. The summed E-state index contributed by atoms with van der Waals surface area (Å²) in [5.41, 5.74) is 6.74. The molecule has 4 heteroatoms. The minimum Gasteiger partial charge on any atom is -0.383 e. The number of likely N-dealkylation sites (N-methyl/N-ethyl adjacent to an activating group) is 1. The maximum absolute atomic E-state index is 12.0. The largest absolute Gasteiger partial charge is 0.383 e. The van der Waals surface area contributed by atoms with Gasteiger partial charge in [-0.1, -0.05) is 30.3 Å². The van der Waals surface area contributed by atoms with Crippen molar-refractivity contribution in [1.82, 2.24) is 4.90 Å². The van der Waals surface area contributed by atoms with Gasteiger partial charge < -0.3 is 10.6 Å². The second-order valence-electron chi connectivity index (χ2n) is 4.07. The number of hydrogen-bond acceptors (Lipinski definition) is 2. The van der Waals surface area contributed by atoms with Gasteiger partial charge in [0.1, 0.15) is 11.9 Å². The average Bonchev–Trinajstić information content (AvgIpc) is 2.40. The Hall–Kier alpha value is -1.84. The Kier molecular flexibility index (Phi) is 5.36. The number of benzene rings is 1. The molecule has 1 aromatic rings. The van der Waals surface area contributed by atoms with Gasteiger partial charge in [0.25, 0.3) is 0 Å². The highest BCUT2D eigenvalue weighted by Crippen LogP contribution is 2.03. The molecule has 1 rings (SSSR count). The smallest absolute Gasteiger partial charge is 0.247 e. The fraction of sp³-hybridized carbons (Fsp3) is 0.429. The highest BCUT2D eigenvalue weighted by atomic mass is 16.2. The Morgan fingerprint density at radius 3 is 2.33 bits per heavy atom. The molecular formula is C14H21N3O. The van der Waals surface area contributed by atoms with E-state index in [1.54, 1.807) is 11.8 Å². The Labute approximate surface area is 109 Å². The minimum absolute atomic E-state index is 0.0129. The standard InChI is InChI=1S/C14H21N3O/c1-4-17(5-2)14(18)11(3)16-13(15)12-9-7-6-8-10-12/h6-11H,4-5H2,1-3H3,(H2,15,16). The third-order valence-electron chi connectivity index (χ3n) is 2.83. The zero-order valence-corrected chi connectivity index (χ0v) is 11.3. The SMILES string of the molecule is CCN(CC)C(=O)C(C)N=C(N)c1ccccc1. The van der Waals surface area contributed by atoms with Crippen LogP contribution in [0.2, 0.25) is 0 Å². The molecule has 1 unspecified atom stereocenters. The van der Waals surface area contributed by atoms with Crippen LogP contribution in [0.3, 0.4) is 0 Å². The van der Waals surface area contributed by atoms with Gasteiger partial charge in [0.05, 0.1) is 0 Å². The lowest BCUT2D eigenvalue weighted by atomic mass is 10.2. The van der Waals surface area contributed by atoms with Gasteiger partial charge >= 0.3 is 0 Å². The topological polar surface area (TPSA) is 58.7 Å². The molecule has 1 amide bonds. The van der Waals surface area contributed by atoms with Gasteiger partial charge in [-0.3, -0.25) is 9.79 Å². The van der Waals surface area contributed by atoms with Crippen LogP contribution >= 0.6 is 0 Å². The van der Waals surface area contributed by atoms with E-state index in [0.29, 0.717) is 18.9 Å². The van der Waals surface area contributed by atoms with Crippen molar-refractivity contribution in [1.29, 1.82) is 0 Å². The first-order valence-electron chi connectivity index (χ1n) is 6.27. The number of amides is 1. The fourth-order valence-corrected chi connectivity index (χ4v) is 1.75. The van der Waals surface area contributed by atoms with Gasteiger partial charge in [-0.2, -0.15) is 0 Å². The summed E-state index contributed by atoms with van der Waals surface area (Å²) in [4.78, 5) is 18.1. The van der Waals surface area contributed by atoms with Crippen molar-refractivity contribution in [3.05, 3.63) is 35.9 Å². The zero-order chi connectivity index (χ0) is 13.5. The fourth-order valence-electron chi connectivity index (χ4n) is 1.75. The van der Waals surface area contributed by atoms with Crippen molar-refractivity contribution in [2.45, 2.75) is 26.8 Å². The van der Waals surface area contributed by atoms with Gasteiger partial charge in [-0.15, -0.1) is 0 Å². The maximum Gasteiger partial charge on any atom is 0.247 e. The molecule has 0 fully saturated rings. The number of carbonyl (C=O) groups excluding carboxylic acids is 1. The lowest BCUT2D eigenvalue weighted by Gasteiger charge is -2.21. The first-order valence-corrected chi connectivity index (χ1v) is 6.27. The number of carbonyl (C=O) groups is 1. The summed E-state index contributed by atoms with van der Waals surface area (Å²) in [7, 11) is 0. The average molecular weight is 247 g/mol. The van der Waals surface area contributed by atoms with Gasteiger partial charge in [0.15, 0.2) is 0 Å². The Morgan fingerprint density at radius 1 is 1.28 bits per heavy atom. The van der Waals surface area contributed by atoms with E-state index in [1.807, 2.05) is 44.2 Å². The van der Waals surface area contributed by atoms with Crippen LogP contribution in [0, 0.1) is 0 Å². The summed E-state index contributed by atoms with van der Waals surface area (Å²) < 4.78 is 0. The molecule has 4 nitrogen and oxygen atoms in total. The molecule has 0 heterocycles. The molecule has 0 aliphatic carbocycles. The van der Waals surface area contributed by atoms with Crippen LogP contribution in [0.15, 0.2) is 35.3 Å². The monoisotopic (exact) mass is 247 g/mol. The second kappa shape index (κ2) is 6.79. The van der Waals surface area contributed by atoms with Crippen molar-refractivity contribution in [2.75, 3.05) is 13.1 Å². The number of hydrogen-bond donors (Lipinski definition) is 1. The molecule has 0 saturated carbocycles. The minimum atomic E-state index is -0.440. The van der Waals surface area contributed by atoms with Crippen LogP contribution in [-0.4, -0.2) is 35.8 Å². The molecule has 0 radical (unpaired) electrons. The van der Waals surface area contributed by atoms with E-state index < -0.39 is 6.04 Å². The Bertz CT molecular complexity index is 410. The van der Waals surface area contributed by atoms with Crippen molar-refractivity contribution in [3.63, 3.8) is 0 Å². The van der Waals surface area contributed by atoms with Gasteiger partial charge in [-0.05, 0) is 20.8 Å². The van der Waals surface area contributed by atoms with Crippen molar-refractivity contribution >= 4 is 11.7 Å². The van der Waals surface area contributed by atoms with E-state index in [1.165, 1.54) is 0 Å². The van der Waals surface area contributed by atoms with Crippen LogP contribution in [-0.2, 0) is 4.79 Å². The molecule has 0 aliphatic rings. The molecule has 0 spiro atoms. The quantitative estimate of drug-likeness (QED) is 0.635. The van der Waals surface area contributed by atoms with E-state index in [-0.39, 0.29) is 5.91 Å². The molecule has 0 saturated heterocycles. The number of nitrogens with two attached hydrogens (primary N) is 1. The van der Waals surface area contributed by atoms with Crippen LogP contribution in [0.1, 0.15) is 26.3 Å². The Balaban J connectivity index is 2.80. The number of rotatable bonds is 5. The molecule has 0 aliphatic heterocycles. The maximum atomic E-state index is 12.0. The molecule has 0 bridgehead atoms. The summed E-state index contributed by atoms with van der Waals surface area (Å²) in [6.45, 7) is 7.08. The highest BCUT2D eigenvalue weighted by molar-refractivity contribution is 5.99. The van der Waals surface area contributed by atoms with Crippen molar-refractivity contribution in [3.8, 4) is 0 Å². The molecule has 2 N–H and O–H groups in total. The van der Waals surface area contributed by atoms with E-state index in [4.69, 9.17) is 5.73 Å². The molecular weight excluding hydrogens is 226 g/mol. The third-order valence-corrected chi connectivity index (χ3v) is 2.83. The predicted octanol–water partition coefficient (Wildman–Crippen LogP) is 1.65. The van der Waals surface area contributed by atoms with Crippen molar-refractivity contribution < 1.29 is 4.79 Å². The van der Waals surface area contributed by atoms with Gasteiger partial charge in [0, 0.05) is 18.7 Å². The highest BCUT2D eigenvalue weighted by Gasteiger charge is 2.17. The number of nitrogens with zero attached hydrogens (tertiary/aromatic N) is 2. The van der Waals surface area contributed by atoms with Crippen LogP contribution in [0.25, 0.3) is 0 Å². The van der Waals surface area contributed by atoms with Crippen LogP contribution < -0.4 is 5.73 Å². The van der Waals surface area contributed by atoms with Crippen LogP contribution in [0.5, 0.6) is 0 Å². The zero-order valence-electron chi connectivity index (χ0n) is 11.3. The summed E-state index contributed by atoms with van der Waals surface area (Å²) in [6.07, 6.45) is 0. The lowest BCUT2D eigenvalue weighted by molar-refractivity contribution is -0.131. The van der Waals surface area contributed by atoms with Crippen LogP contribution in [0.4, 0.5) is 0 Å². The number of aliphatic imine (C=N–C) groups is 1. The first-order chi connectivity index (χ1) is 8.60. The molecule has 1 aromatic carbocycles. The van der Waals surface area contributed by atoms with E-state index in [2.05, 4.69) is 4.99 Å². The summed E-state index contributed by atoms with van der Waals surface area (Å²) in [5.74, 6) is 0.419. The normalized spacial score (nSPS) is 13.2. The first kappa shape index (κ1) is 14.2. The summed E-state index contributed by atoms with van der Waals surface area (Å²) in [6, 6.07) is 9.04. The molecule has 1 atom stereocenters. The van der Waals surface area contributed by atoms with E-state index in [0.717, 1.165) is 5.56 Å². The van der Waals surface area contributed by atoms with E-state index >= 15 is 0 Å². The number of amidine groups is 1. The van der Waals surface area contributed by atoms with E-state index in [9.17, 15) is 4.79 Å². The summed E-state index contributed by atoms with van der Waals surface area (Å²) >= 11 is 0. The predicted molar refractivity (Wildman–Crippen MR) is 74.6 cm³/mol. The third kappa shape index (κ3) is 3.58. The van der Waals surface area contributed by atoms with Crippen molar-refractivity contribution in [2.24, 2.45) is 10.7 Å². The van der Waals surface area contributed by atoms with Gasteiger partial charge in [-0.25, -0.2) is 0 Å².